The Hall–Kier alpha value is -3.09. The molecule has 1 atom stereocenters. The van der Waals surface area contributed by atoms with Crippen LogP contribution in [0.1, 0.15) is 24.4 Å². The number of anilines is 1. The second-order valence-corrected chi connectivity index (χ2v) is 5.99. The topological polar surface area (TPSA) is 93.5 Å². The molecule has 25 heavy (non-hydrogen) atoms. The van der Waals surface area contributed by atoms with E-state index in [-0.39, 0.29) is 17.8 Å². The van der Waals surface area contributed by atoms with E-state index in [1.54, 1.807) is 13.2 Å². The van der Waals surface area contributed by atoms with Crippen LogP contribution in [0.3, 0.4) is 0 Å². The first-order chi connectivity index (χ1) is 12.1. The molecule has 0 saturated heterocycles. The lowest BCUT2D eigenvalue weighted by atomic mass is 10.0. The van der Waals surface area contributed by atoms with E-state index >= 15 is 0 Å². The zero-order valence-corrected chi connectivity index (χ0v) is 13.8. The summed E-state index contributed by atoms with van der Waals surface area (Å²) in [4.78, 5) is 22.6. The molecule has 0 radical (unpaired) electrons. The van der Waals surface area contributed by atoms with E-state index in [9.17, 15) is 14.9 Å². The molecule has 1 unspecified atom stereocenters. The second kappa shape index (κ2) is 7.21. The predicted molar refractivity (Wildman–Crippen MR) is 93.7 cm³/mol. The summed E-state index contributed by atoms with van der Waals surface area (Å²) in [6.45, 7) is 0. The molecule has 2 N–H and O–H groups in total. The minimum atomic E-state index is -0.493. The SMILES string of the molecule is COc1ccc(C(NC(=O)Nc2cccc([N+](=O)[O-])c2)C2CC2)cc1. The molecular weight excluding hydrogens is 322 g/mol. The first kappa shape index (κ1) is 16.8. The van der Waals surface area contributed by atoms with Gasteiger partial charge in [-0.3, -0.25) is 10.1 Å². The Morgan fingerprint density at radius 2 is 1.96 bits per heavy atom. The fourth-order valence-corrected chi connectivity index (χ4v) is 2.72. The van der Waals surface area contributed by atoms with Crippen LogP contribution in [0, 0.1) is 16.0 Å². The number of nitrogens with zero attached hydrogens (tertiary/aromatic N) is 1. The Balaban J connectivity index is 1.68. The first-order valence-corrected chi connectivity index (χ1v) is 8.03. The molecule has 2 amide bonds. The summed E-state index contributed by atoms with van der Waals surface area (Å²) in [7, 11) is 1.61. The second-order valence-electron chi connectivity index (χ2n) is 5.99. The smallest absolute Gasteiger partial charge is 0.319 e. The van der Waals surface area contributed by atoms with Crippen LogP contribution < -0.4 is 15.4 Å². The van der Waals surface area contributed by atoms with Gasteiger partial charge in [-0.2, -0.15) is 0 Å². The molecule has 2 aromatic carbocycles. The highest BCUT2D eigenvalue weighted by molar-refractivity contribution is 5.89. The first-order valence-electron chi connectivity index (χ1n) is 8.03. The summed E-state index contributed by atoms with van der Waals surface area (Å²) in [6.07, 6.45) is 2.13. The molecule has 0 heterocycles. The number of hydrogen-bond acceptors (Lipinski definition) is 4. The number of carbonyl (C=O) groups is 1. The summed E-state index contributed by atoms with van der Waals surface area (Å²) < 4.78 is 5.16. The number of amides is 2. The molecule has 3 rings (SSSR count). The number of non-ortho nitro benzene ring substituents is 1. The van der Waals surface area contributed by atoms with Crippen molar-refractivity contribution in [1.29, 1.82) is 0 Å². The van der Waals surface area contributed by atoms with Crippen LogP contribution in [0.25, 0.3) is 0 Å². The third-order valence-corrected chi connectivity index (χ3v) is 4.17. The van der Waals surface area contributed by atoms with Gasteiger partial charge in [-0.25, -0.2) is 4.79 Å². The normalized spacial score (nSPS) is 14.4. The van der Waals surface area contributed by atoms with Crippen LogP contribution in [-0.4, -0.2) is 18.1 Å². The molecule has 1 aliphatic carbocycles. The van der Waals surface area contributed by atoms with Crippen LogP contribution >= 0.6 is 0 Å². The molecule has 2 aromatic rings. The highest BCUT2D eigenvalue weighted by Gasteiger charge is 2.33. The van der Waals surface area contributed by atoms with Gasteiger partial charge in [0, 0.05) is 17.8 Å². The zero-order chi connectivity index (χ0) is 17.8. The van der Waals surface area contributed by atoms with E-state index in [4.69, 9.17) is 4.74 Å². The van der Waals surface area contributed by atoms with Crippen molar-refractivity contribution in [3.63, 3.8) is 0 Å². The molecule has 1 saturated carbocycles. The van der Waals surface area contributed by atoms with Gasteiger partial charge in [-0.05, 0) is 42.5 Å². The van der Waals surface area contributed by atoms with Crippen LogP contribution in [0.15, 0.2) is 48.5 Å². The molecule has 7 heteroatoms. The molecule has 0 aliphatic heterocycles. The van der Waals surface area contributed by atoms with E-state index < -0.39 is 4.92 Å². The summed E-state index contributed by atoms with van der Waals surface area (Å²) in [5.41, 5.74) is 1.33. The van der Waals surface area contributed by atoms with Gasteiger partial charge >= 0.3 is 6.03 Å². The van der Waals surface area contributed by atoms with Crippen molar-refractivity contribution in [2.75, 3.05) is 12.4 Å². The fourth-order valence-electron chi connectivity index (χ4n) is 2.72. The van der Waals surface area contributed by atoms with E-state index in [1.807, 2.05) is 24.3 Å². The van der Waals surface area contributed by atoms with Crippen molar-refractivity contribution in [2.45, 2.75) is 18.9 Å². The number of rotatable bonds is 6. The average Bonchev–Trinajstić information content (AvgIpc) is 3.45. The number of urea groups is 1. The largest absolute Gasteiger partial charge is 0.497 e. The Morgan fingerprint density at radius 3 is 2.56 bits per heavy atom. The number of methoxy groups -OCH3 is 1. The lowest BCUT2D eigenvalue weighted by molar-refractivity contribution is -0.384. The maximum Gasteiger partial charge on any atom is 0.319 e. The molecule has 0 bridgehead atoms. The van der Waals surface area contributed by atoms with E-state index in [0.29, 0.717) is 11.6 Å². The van der Waals surface area contributed by atoms with Crippen molar-refractivity contribution < 1.29 is 14.5 Å². The molecule has 0 aromatic heterocycles. The van der Waals surface area contributed by atoms with Crippen molar-refractivity contribution in [3.05, 3.63) is 64.2 Å². The molecule has 0 spiro atoms. The van der Waals surface area contributed by atoms with Crippen molar-refractivity contribution in [2.24, 2.45) is 5.92 Å². The number of benzene rings is 2. The number of nitro groups is 1. The van der Waals surface area contributed by atoms with Crippen molar-refractivity contribution in [1.82, 2.24) is 5.32 Å². The maximum atomic E-state index is 12.3. The van der Waals surface area contributed by atoms with Crippen molar-refractivity contribution >= 4 is 17.4 Å². The third kappa shape index (κ3) is 4.26. The summed E-state index contributed by atoms with van der Waals surface area (Å²) in [5.74, 6) is 1.17. The molecule has 1 aliphatic rings. The van der Waals surface area contributed by atoms with E-state index in [0.717, 1.165) is 24.2 Å². The quantitative estimate of drug-likeness (QED) is 0.616. The maximum absolute atomic E-state index is 12.3. The lowest BCUT2D eigenvalue weighted by Gasteiger charge is -2.19. The van der Waals surface area contributed by atoms with Crippen LogP contribution in [-0.2, 0) is 0 Å². The van der Waals surface area contributed by atoms with Gasteiger partial charge in [0.25, 0.3) is 5.69 Å². The molecule has 130 valence electrons. The Morgan fingerprint density at radius 1 is 1.24 bits per heavy atom. The number of nitrogens with one attached hydrogen (secondary N) is 2. The van der Waals surface area contributed by atoms with Gasteiger partial charge in [0.05, 0.1) is 18.1 Å². The highest BCUT2D eigenvalue weighted by Crippen LogP contribution is 2.41. The van der Waals surface area contributed by atoms with Gasteiger partial charge in [0.15, 0.2) is 0 Å². The van der Waals surface area contributed by atoms with Crippen molar-refractivity contribution in [3.8, 4) is 5.75 Å². The number of hydrogen-bond donors (Lipinski definition) is 2. The van der Waals surface area contributed by atoms with Gasteiger partial charge < -0.3 is 15.4 Å². The summed E-state index contributed by atoms with van der Waals surface area (Å²) in [5, 5.41) is 16.5. The van der Waals surface area contributed by atoms with Crippen LogP contribution in [0.2, 0.25) is 0 Å². The van der Waals surface area contributed by atoms with Gasteiger partial charge in [0.1, 0.15) is 5.75 Å². The van der Waals surface area contributed by atoms with E-state index in [2.05, 4.69) is 10.6 Å². The summed E-state index contributed by atoms with van der Waals surface area (Å²) in [6, 6.07) is 13.0. The Labute approximate surface area is 145 Å². The number of carbonyl (C=O) groups excluding carboxylic acids is 1. The third-order valence-electron chi connectivity index (χ3n) is 4.17. The van der Waals surface area contributed by atoms with E-state index in [1.165, 1.54) is 18.2 Å². The highest BCUT2D eigenvalue weighted by atomic mass is 16.6. The Kier molecular flexibility index (Phi) is 4.83. The number of nitro benzene ring substituents is 1. The van der Waals surface area contributed by atoms with Crippen LogP contribution in [0.5, 0.6) is 5.75 Å². The molecular formula is C18H19N3O4. The molecule has 7 nitrogen and oxygen atoms in total. The zero-order valence-electron chi connectivity index (χ0n) is 13.8. The van der Waals surface area contributed by atoms with Gasteiger partial charge in [0.2, 0.25) is 0 Å². The standard InChI is InChI=1S/C18H19N3O4/c1-25-16-9-7-13(8-10-16)17(12-5-6-12)20-18(22)19-14-3-2-4-15(11-14)21(23)24/h2-4,7-12,17H,5-6H2,1H3,(H2,19,20,22). The van der Waals surface area contributed by atoms with Gasteiger partial charge in [-0.1, -0.05) is 18.2 Å². The minimum Gasteiger partial charge on any atom is -0.497 e. The van der Waals surface area contributed by atoms with Crippen LogP contribution in [0.4, 0.5) is 16.2 Å². The minimum absolute atomic E-state index is 0.0632. The summed E-state index contributed by atoms with van der Waals surface area (Å²) >= 11 is 0. The lowest BCUT2D eigenvalue weighted by Crippen LogP contribution is -2.33. The van der Waals surface area contributed by atoms with Gasteiger partial charge in [-0.15, -0.1) is 0 Å². The number of ether oxygens (including phenoxy) is 1. The molecule has 1 fully saturated rings. The average molecular weight is 341 g/mol. The fraction of sp³-hybridized carbons (Fsp3) is 0.278. The monoisotopic (exact) mass is 341 g/mol. The predicted octanol–water partition coefficient (Wildman–Crippen LogP) is 3.88. The Bertz CT molecular complexity index is 772.